The first-order valence-corrected chi connectivity index (χ1v) is 6.76. The second-order valence-corrected chi connectivity index (χ2v) is 5.18. The second-order valence-electron chi connectivity index (χ2n) is 5.18. The maximum atomic E-state index is 13.5. The summed E-state index contributed by atoms with van der Waals surface area (Å²) in [4.78, 5) is 12.2. The molecule has 5 heteroatoms. The van der Waals surface area contributed by atoms with Crippen molar-refractivity contribution < 1.29 is 9.31 Å². The van der Waals surface area contributed by atoms with Crippen molar-refractivity contribution >= 4 is 11.4 Å². The quantitative estimate of drug-likeness (QED) is 0.473. The summed E-state index contributed by atoms with van der Waals surface area (Å²) < 4.78 is 13.5. The van der Waals surface area contributed by atoms with E-state index < -0.39 is 10.7 Å². The molecule has 1 aliphatic carbocycles. The number of nitrogens with zero attached hydrogens (tertiary/aromatic N) is 2. The molecule has 1 aliphatic rings. The normalized spacial score (nSPS) is 16.9. The summed E-state index contributed by atoms with van der Waals surface area (Å²) in [6.07, 6.45) is 6.97. The Labute approximate surface area is 112 Å². The lowest BCUT2D eigenvalue weighted by molar-refractivity contribution is -0.385. The molecule has 0 aliphatic heterocycles. The van der Waals surface area contributed by atoms with Crippen LogP contribution >= 0.6 is 0 Å². The molecular formula is C14H19FN2O2. The summed E-state index contributed by atoms with van der Waals surface area (Å²) in [6.45, 7) is 0. The van der Waals surface area contributed by atoms with Gasteiger partial charge in [0.1, 0.15) is 5.82 Å². The molecule has 0 amide bonds. The zero-order valence-electron chi connectivity index (χ0n) is 11.1. The van der Waals surface area contributed by atoms with Crippen LogP contribution in [0.15, 0.2) is 18.2 Å². The molecule has 0 atom stereocenters. The van der Waals surface area contributed by atoms with E-state index in [-0.39, 0.29) is 5.69 Å². The van der Waals surface area contributed by atoms with Crippen LogP contribution in [-0.4, -0.2) is 18.0 Å². The molecule has 1 saturated carbocycles. The van der Waals surface area contributed by atoms with Gasteiger partial charge in [0.05, 0.1) is 11.0 Å². The molecule has 1 aromatic rings. The smallest absolute Gasteiger partial charge is 0.274 e. The van der Waals surface area contributed by atoms with Crippen LogP contribution in [0.25, 0.3) is 0 Å². The van der Waals surface area contributed by atoms with Crippen molar-refractivity contribution in [2.75, 3.05) is 11.9 Å². The first-order valence-electron chi connectivity index (χ1n) is 6.76. The van der Waals surface area contributed by atoms with E-state index in [9.17, 15) is 14.5 Å². The van der Waals surface area contributed by atoms with Gasteiger partial charge in [-0.1, -0.05) is 25.7 Å². The lowest BCUT2D eigenvalue weighted by Crippen LogP contribution is -2.31. The summed E-state index contributed by atoms with van der Waals surface area (Å²) in [5.74, 6) is -0.551. The molecule has 0 heterocycles. The van der Waals surface area contributed by atoms with Gasteiger partial charge < -0.3 is 4.90 Å². The number of hydrogen-bond donors (Lipinski definition) is 0. The minimum atomic E-state index is -0.551. The minimum Gasteiger partial charge on any atom is -0.371 e. The highest BCUT2D eigenvalue weighted by atomic mass is 19.1. The van der Waals surface area contributed by atoms with Crippen LogP contribution in [0, 0.1) is 15.9 Å². The zero-order valence-corrected chi connectivity index (χ0v) is 11.1. The largest absolute Gasteiger partial charge is 0.371 e. The first kappa shape index (κ1) is 13.8. The minimum absolute atomic E-state index is 0.185. The molecule has 0 N–H and O–H groups in total. The maximum Gasteiger partial charge on any atom is 0.274 e. The van der Waals surface area contributed by atoms with Gasteiger partial charge in [-0.3, -0.25) is 10.1 Å². The lowest BCUT2D eigenvalue weighted by Gasteiger charge is -2.29. The summed E-state index contributed by atoms with van der Waals surface area (Å²) in [6, 6.07) is 4.14. The Hall–Kier alpha value is -1.65. The van der Waals surface area contributed by atoms with Gasteiger partial charge in [0.25, 0.3) is 5.69 Å². The van der Waals surface area contributed by atoms with Crippen LogP contribution in [0.4, 0.5) is 15.8 Å². The van der Waals surface area contributed by atoms with Gasteiger partial charge in [0.2, 0.25) is 0 Å². The molecule has 1 aromatic carbocycles. The van der Waals surface area contributed by atoms with Crippen LogP contribution < -0.4 is 4.90 Å². The fourth-order valence-electron chi connectivity index (χ4n) is 2.72. The van der Waals surface area contributed by atoms with Gasteiger partial charge in [-0.15, -0.1) is 0 Å². The Balaban J connectivity index is 2.21. The molecule has 0 aromatic heterocycles. The van der Waals surface area contributed by atoms with Crippen molar-refractivity contribution in [3.05, 3.63) is 34.1 Å². The summed E-state index contributed by atoms with van der Waals surface area (Å²) in [7, 11) is 1.90. The van der Waals surface area contributed by atoms with Crippen molar-refractivity contribution in [2.24, 2.45) is 0 Å². The Bertz CT molecular complexity index is 457. The number of halogens is 1. The van der Waals surface area contributed by atoms with Crippen molar-refractivity contribution in [1.82, 2.24) is 0 Å². The molecule has 1 fully saturated rings. The molecule has 0 spiro atoms. The van der Waals surface area contributed by atoms with Crippen LogP contribution in [-0.2, 0) is 0 Å². The number of nitro groups is 1. The van der Waals surface area contributed by atoms with Crippen molar-refractivity contribution in [2.45, 2.75) is 44.6 Å². The fourth-order valence-corrected chi connectivity index (χ4v) is 2.72. The van der Waals surface area contributed by atoms with Gasteiger partial charge in [-0.25, -0.2) is 4.39 Å². The Morgan fingerprint density at radius 1 is 1.21 bits per heavy atom. The summed E-state index contributed by atoms with van der Waals surface area (Å²) in [5.41, 5.74) is 0.411. The highest BCUT2D eigenvalue weighted by molar-refractivity contribution is 5.53. The van der Waals surface area contributed by atoms with Crippen molar-refractivity contribution in [1.29, 1.82) is 0 Å². The standard InChI is InChI=1S/C14H19FN2O2/c1-16(12-6-4-2-3-5-7-12)13-8-11(15)9-14(10-13)17(18)19/h8-10,12H,2-7H2,1H3. The number of rotatable bonds is 3. The molecule has 0 unspecified atom stereocenters. The average Bonchev–Trinajstić information content (AvgIpc) is 2.65. The van der Waals surface area contributed by atoms with Gasteiger partial charge in [0, 0.05) is 24.8 Å². The number of hydrogen-bond acceptors (Lipinski definition) is 3. The van der Waals surface area contributed by atoms with E-state index >= 15 is 0 Å². The van der Waals surface area contributed by atoms with E-state index in [4.69, 9.17) is 0 Å². The molecule has 0 radical (unpaired) electrons. The monoisotopic (exact) mass is 266 g/mol. The molecule has 19 heavy (non-hydrogen) atoms. The lowest BCUT2D eigenvalue weighted by atomic mass is 10.1. The van der Waals surface area contributed by atoms with Crippen LogP contribution in [0.3, 0.4) is 0 Å². The van der Waals surface area contributed by atoms with E-state index in [0.717, 1.165) is 18.9 Å². The molecule has 2 rings (SSSR count). The van der Waals surface area contributed by atoms with E-state index in [1.807, 2.05) is 11.9 Å². The first-order chi connectivity index (χ1) is 9.08. The third kappa shape index (κ3) is 3.43. The number of non-ortho nitro benzene ring substituents is 1. The average molecular weight is 266 g/mol. The topological polar surface area (TPSA) is 46.4 Å². The number of nitro benzene ring substituents is 1. The molecule has 0 saturated heterocycles. The number of anilines is 1. The Kier molecular flexibility index (Phi) is 4.35. The molecular weight excluding hydrogens is 247 g/mol. The Morgan fingerprint density at radius 3 is 2.42 bits per heavy atom. The van der Waals surface area contributed by atoms with Crippen LogP contribution in [0.1, 0.15) is 38.5 Å². The zero-order chi connectivity index (χ0) is 13.8. The van der Waals surface area contributed by atoms with Crippen molar-refractivity contribution in [3.63, 3.8) is 0 Å². The summed E-state index contributed by atoms with van der Waals surface area (Å²) in [5, 5.41) is 10.8. The highest BCUT2D eigenvalue weighted by Crippen LogP contribution is 2.28. The third-order valence-electron chi connectivity index (χ3n) is 3.86. The van der Waals surface area contributed by atoms with Gasteiger partial charge in [-0.2, -0.15) is 0 Å². The van der Waals surface area contributed by atoms with Crippen LogP contribution in [0.5, 0.6) is 0 Å². The molecule has 0 bridgehead atoms. The summed E-state index contributed by atoms with van der Waals surface area (Å²) >= 11 is 0. The maximum absolute atomic E-state index is 13.5. The van der Waals surface area contributed by atoms with Gasteiger partial charge >= 0.3 is 0 Å². The van der Waals surface area contributed by atoms with Gasteiger partial charge in [-0.05, 0) is 18.9 Å². The Morgan fingerprint density at radius 2 is 1.84 bits per heavy atom. The molecule has 4 nitrogen and oxygen atoms in total. The van der Waals surface area contributed by atoms with Crippen LogP contribution in [0.2, 0.25) is 0 Å². The highest BCUT2D eigenvalue weighted by Gasteiger charge is 2.20. The van der Waals surface area contributed by atoms with E-state index in [2.05, 4.69) is 0 Å². The second kappa shape index (κ2) is 5.99. The van der Waals surface area contributed by atoms with E-state index in [0.29, 0.717) is 11.7 Å². The van der Waals surface area contributed by atoms with Gasteiger partial charge in [0.15, 0.2) is 0 Å². The van der Waals surface area contributed by atoms with Crippen molar-refractivity contribution in [3.8, 4) is 0 Å². The van der Waals surface area contributed by atoms with E-state index in [1.54, 1.807) is 0 Å². The fraction of sp³-hybridized carbons (Fsp3) is 0.571. The van der Waals surface area contributed by atoms with E-state index in [1.165, 1.54) is 37.8 Å². The SMILES string of the molecule is CN(c1cc(F)cc([N+](=O)[O-])c1)C1CCCCCC1. The predicted molar refractivity (Wildman–Crippen MR) is 72.9 cm³/mol. The molecule has 104 valence electrons. The third-order valence-corrected chi connectivity index (χ3v) is 3.86. The number of benzene rings is 1. The predicted octanol–water partition coefficient (Wildman–Crippen LogP) is 3.89.